The number of aromatic amines is 1. The highest BCUT2D eigenvalue weighted by Crippen LogP contribution is 2.25. The molecule has 0 fully saturated rings. The maximum atomic E-state index is 12.9. The minimum absolute atomic E-state index is 0.0380. The van der Waals surface area contributed by atoms with Crippen molar-refractivity contribution in [1.29, 1.82) is 0 Å². The fourth-order valence-electron chi connectivity index (χ4n) is 3.33. The van der Waals surface area contributed by atoms with Crippen LogP contribution in [0.25, 0.3) is 21.8 Å². The molecule has 0 atom stereocenters. The van der Waals surface area contributed by atoms with Gasteiger partial charge in [-0.3, -0.25) is 14.6 Å². The number of hydrogen-bond acceptors (Lipinski definition) is 4. The number of aryl methyl sites for hydroxylation is 2. The van der Waals surface area contributed by atoms with E-state index in [0.717, 1.165) is 22.2 Å². The largest absolute Gasteiger partial charge is 0.495 e. The van der Waals surface area contributed by atoms with E-state index >= 15 is 0 Å². The van der Waals surface area contributed by atoms with Crippen LogP contribution in [0.2, 0.25) is 0 Å². The first kappa shape index (κ1) is 17.7. The molecule has 0 saturated carbocycles. The van der Waals surface area contributed by atoms with Gasteiger partial charge in [0.1, 0.15) is 11.3 Å². The van der Waals surface area contributed by atoms with E-state index in [9.17, 15) is 9.59 Å². The molecular weight excluding hydrogens is 354 g/mol. The minimum Gasteiger partial charge on any atom is -0.495 e. The minimum atomic E-state index is -0.473. The van der Waals surface area contributed by atoms with Crippen LogP contribution in [0.5, 0.6) is 5.75 Å². The number of nitrogens with one attached hydrogen (secondary N) is 2. The van der Waals surface area contributed by atoms with Gasteiger partial charge in [-0.05, 0) is 44.2 Å². The smallest absolute Gasteiger partial charge is 0.261 e. The van der Waals surface area contributed by atoms with Gasteiger partial charge in [0.2, 0.25) is 5.43 Å². The zero-order chi connectivity index (χ0) is 19.8. The Morgan fingerprint density at radius 3 is 2.71 bits per heavy atom. The number of methoxy groups -OCH3 is 1. The molecule has 2 aromatic heterocycles. The number of hydrogen-bond donors (Lipinski definition) is 2. The van der Waals surface area contributed by atoms with Crippen molar-refractivity contribution in [2.75, 3.05) is 12.4 Å². The Hall–Kier alpha value is -3.67. The van der Waals surface area contributed by atoms with E-state index in [2.05, 4.69) is 15.3 Å². The van der Waals surface area contributed by atoms with Gasteiger partial charge < -0.3 is 15.0 Å². The third kappa shape index (κ3) is 2.99. The van der Waals surface area contributed by atoms with Crippen LogP contribution < -0.4 is 15.5 Å². The molecule has 0 radical (unpaired) electrons. The predicted molar refractivity (Wildman–Crippen MR) is 110 cm³/mol. The molecule has 2 aromatic carbocycles. The molecule has 1 amide bonds. The molecule has 28 heavy (non-hydrogen) atoms. The number of carbonyl (C=O) groups is 1. The number of aromatic nitrogens is 2. The van der Waals surface area contributed by atoms with Gasteiger partial charge in [-0.2, -0.15) is 0 Å². The van der Waals surface area contributed by atoms with Crippen LogP contribution in [0.3, 0.4) is 0 Å². The Bertz CT molecular complexity index is 1290. The number of rotatable bonds is 3. The Morgan fingerprint density at radius 2 is 1.93 bits per heavy atom. The zero-order valence-electron chi connectivity index (χ0n) is 15.8. The molecule has 0 aliphatic rings. The van der Waals surface area contributed by atoms with E-state index in [-0.39, 0.29) is 11.0 Å². The van der Waals surface area contributed by atoms with Crippen LogP contribution in [-0.2, 0) is 0 Å². The van der Waals surface area contributed by atoms with E-state index < -0.39 is 5.91 Å². The van der Waals surface area contributed by atoms with Gasteiger partial charge in [-0.25, -0.2) is 0 Å². The van der Waals surface area contributed by atoms with Gasteiger partial charge >= 0.3 is 0 Å². The number of nitrogens with zero attached hydrogens (tertiary/aromatic N) is 1. The first-order chi connectivity index (χ1) is 13.5. The lowest BCUT2D eigenvalue weighted by atomic mass is 10.1. The molecule has 0 unspecified atom stereocenters. The number of pyridine rings is 2. The summed E-state index contributed by atoms with van der Waals surface area (Å²) in [7, 11) is 1.53. The molecular formula is C22H19N3O3. The molecule has 2 heterocycles. The lowest BCUT2D eigenvalue weighted by Crippen LogP contribution is -2.22. The molecule has 0 aliphatic heterocycles. The van der Waals surface area contributed by atoms with Gasteiger partial charge in [0, 0.05) is 17.3 Å². The number of carbonyl (C=O) groups excluding carboxylic acids is 1. The van der Waals surface area contributed by atoms with Crippen molar-refractivity contribution in [3.8, 4) is 5.75 Å². The van der Waals surface area contributed by atoms with Gasteiger partial charge in [0.15, 0.2) is 0 Å². The number of amides is 1. The maximum absolute atomic E-state index is 12.9. The Morgan fingerprint density at radius 1 is 1.11 bits per heavy atom. The predicted octanol–water partition coefficient (Wildman–Crippen LogP) is 3.95. The molecule has 6 nitrogen and oxygen atoms in total. The van der Waals surface area contributed by atoms with E-state index in [1.165, 1.54) is 13.3 Å². The fraction of sp³-hybridized carbons (Fsp3) is 0.136. The number of benzene rings is 2. The van der Waals surface area contributed by atoms with Crippen molar-refractivity contribution in [3.63, 3.8) is 0 Å². The second-order valence-corrected chi connectivity index (χ2v) is 6.70. The molecule has 4 rings (SSSR count). The van der Waals surface area contributed by atoms with Crippen molar-refractivity contribution < 1.29 is 9.53 Å². The van der Waals surface area contributed by atoms with Crippen molar-refractivity contribution in [2.45, 2.75) is 13.8 Å². The number of fused-ring (bicyclic) bond motifs is 2. The lowest BCUT2D eigenvalue weighted by molar-refractivity contribution is 0.102. The second-order valence-electron chi connectivity index (χ2n) is 6.70. The van der Waals surface area contributed by atoms with Crippen molar-refractivity contribution >= 4 is 33.4 Å². The summed E-state index contributed by atoms with van der Waals surface area (Å²) < 4.78 is 5.27. The normalized spacial score (nSPS) is 11.0. The second kappa shape index (κ2) is 6.81. The molecule has 0 bridgehead atoms. The van der Waals surface area contributed by atoms with Crippen LogP contribution >= 0.6 is 0 Å². The molecule has 0 aliphatic carbocycles. The quantitative estimate of drug-likeness (QED) is 0.569. The number of para-hydroxylation sites is 1. The average molecular weight is 373 g/mol. The molecule has 2 N–H and O–H groups in total. The highest BCUT2D eigenvalue weighted by Gasteiger charge is 2.16. The van der Waals surface area contributed by atoms with Crippen LogP contribution in [-0.4, -0.2) is 23.0 Å². The van der Waals surface area contributed by atoms with Crippen LogP contribution in [0.4, 0.5) is 5.69 Å². The first-order valence-corrected chi connectivity index (χ1v) is 8.85. The van der Waals surface area contributed by atoms with E-state index in [1.807, 2.05) is 32.0 Å². The Balaban J connectivity index is 1.80. The summed E-state index contributed by atoms with van der Waals surface area (Å²) in [5.41, 5.74) is 3.51. The van der Waals surface area contributed by atoms with Crippen molar-refractivity contribution in [1.82, 2.24) is 9.97 Å². The van der Waals surface area contributed by atoms with E-state index in [0.29, 0.717) is 22.3 Å². The monoisotopic (exact) mass is 373 g/mol. The Labute approximate surface area is 161 Å². The van der Waals surface area contributed by atoms with E-state index in [4.69, 9.17) is 4.74 Å². The van der Waals surface area contributed by atoms with Crippen LogP contribution in [0.1, 0.15) is 21.6 Å². The average Bonchev–Trinajstić information content (AvgIpc) is 2.68. The fourth-order valence-corrected chi connectivity index (χ4v) is 3.33. The van der Waals surface area contributed by atoms with E-state index in [1.54, 1.807) is 24.3 Å². The third-order valence-corrected chi connectivity index (χ3v) is 4.68. The van der Waals surface area contributed by atoms with Gasteiger partial charge in [0.25, 0.3) is 5.91 Å². The SMILES string of the molecule is COc1cccc2c(=O)c(C(=O)Nc3cc(C)nc4ccc(C)cc34)c[nH]c12. The van der Waals surface area contributed by atoms with Gasteiger partial charge in [-0.1, -0.05) is 17.7 Å². The summed E-state index contributed by atoms with van der Waals surface area (Å²) in [6.45, 7) is 3.84. The molecule has 140 valence electrons. The van der Waals surface area contributed by atoms with Crippen molar-refractivity contribution in [3.05, 3.63) is 75.7 Å². The number of ether oxygens (including phenoxy) is 1. The maximum Gasteiger partial charge on any atom is 0.261 e. The van der Waals surface area contributed by atoms with Gasteiger partial charge in [-0.15, -0.1) is 0 Å². The summed E-state index contributed by atoms with van der Waals surface area (Å²) in [4.78, 5) is 33.3. The van der Waals surface area contributed by atoms with Crippen LogP contribution in [0, 0.1) is 13.8 Å². The molecule has 0 saturated heterocycles. The molecule has 4 aromatic rings. The molecule has 6 heteroatoms. The number of anilines is 1. The standard InChI is InChI=1S/C22H19N3O3/c1-12-7-8-17-15(9-12)18(10-13(2)24-17)25-22(27)16-11-23-20-14(21(16)26)5-4-6-19(20)28-3/h4-11H,1-3H3,(H,23,26)(H,24,25,27). The summed E-state index contributed by atoms with van der Waals surface area (Å²) in [5.74, 6) is 0.0761. The topological polar surface area (TPSA) is 84.1 Å². The lowest BCUT2D eigenvalue weighted by Gasteiger charge is -2.11. The number of H-pyrrole nitrogens is 1. The van der Waals surface area contributed by atoms with Gasteiger partial charge in [0.05, 0.1) is 29.2 Å². The van der Waals surface area contributed by atoms with Crippen LogP contribution in [0.15, 0.2) is 53.5 Å². The highest BCUT2D eigenvalue weighted by molar-refractivity contribution is 6.09. The highest BCUT2D eigenvalue weighted by atomic mass is 16.5. The molecule has 0 spiro atoms. The summed E-state index contributed by atoms with van der Waals surface area (Å²) in [6, 6.07) is 12.8. The summed E-state index contributed by atoms with van der Waals surface area (Å²) in [5, 5.41) is 4.11. The first-order valence-electron chi connectivity index (χ1n) is 8.85. The summed E-state index contributed by atoms with van der Waals surface area (Å²) in [6.07, 6.45) is 1.42. The third-order valence-electron chi connectivity index (χ3n) is 4.68. The zero-order valence-corrected chi connectivity index (χ0v) is 15.8. The Kier molecular flexibility index (Phi) is 4.31. The van der Waals surface area contributed by atoms with Crippen molar-refractivity contribution in [2.24, 2.45) is 0 Å². The summed E-state index contributed by atoms with van der Waals surface area (Å²) >= 11 is 0.